The monoisotopic (exact) mass is 555 g/mol. The number of H-pyrrole nitrogens is 1. The van der Waals surface area contributed by atoms with Gasteiger partial charge in [-0.2, -0.15) is 0 Å². The van der Waals surface area contributed by atoms with Crippen LogP contribution in [0.15, 0.2) is 34.9 Å². The minimum Gasteiger partial charge on any atom is -0.384 e. The van der Waals surface area contributed by atoms with Crippen LogP contribution in [0.25, 0.3) is 22.6 Å². The van der Waals surface area contributed by atoms with E-state index in [0.29, 0.717) is 19.1 Å². The fraction of sp³-hybridized carbons (Fsp3) is 0.500. The number of ether oxygens (including phenoxy) is 1. The molecule has 3 aromatic rings. The minimum absolute atomic E-state index is 0.168. The highest BCUT2D eigenvalue weighted by Crippen LogP contribution is 2.32. The molecule has 2 N–H and O–H groups in total. The van der Waals surface area contributed by atoms with Gasteiger partial charge >= 0.3 is 0 Å². The van der Waals surface area contributed by atoms with Gasteiger partial charge in [0.1, 0.15) is 11.3 Å². The van der Waals surface area contributed by atoms with Crippen LogP contribution in [0.2, 0.25) is 0 Å². The molecule has 2 aliphatic rings. The fourth-order valence-corrected chi connectivity index (χ4v) is 5.36. The van der Waals surface area contributed by atoms with E-state index in [1.807, 2.05) is 11.1 Å². The van der Waals surface area contributed by atoms with Gasteiger partial charge in [-0.3, -0.25) is 4.79 Å². The number of rotatable bonds is 7. The lowest BCUT2D eigenvalue weighted by Crippen LogP contribution is -2.49. The predicted molar refractivity (Wildman–Crippen MR) is 146 cm³/mol. The summed E-state index contributed by atoms with van der Waals surface area (Å²) in [5, 5.41) is 3.71. The van der Waals surface area contributed by atoms with Crippen LogP contribution in [-0.4, -0.2) is 96.7 Å². The Bertz CT molecular complexity index is 1180. The molecular formula is C26H34BrN7O2. The number of anilines is 2. The summed E-state index contributed by atoms with van der Waals surface area (Å²) in [7, 11) is 3.80. The number of imidazole rings is 1. The van der Waals surface area contributed by atoms with Crippen LogP contribution in [0.4, 0.5) is 11.4 Å². The maximum absolute atomic E-state index is 12.2. The Morgan fingerprint density at radius 3 is 2.56 bits per heavy atom. The van der Waals surface area contributed by atoms with Gasteiger partial charge in [0.25, 0.3) is 0 Å². The van der Waals surface area contributed by atoms with Crippen molar-refractivity contribution in [2.24, 2.45) is 0 Å². The van der Waals surface area contributed by atoms with Crippen LogP contribution in [0.3, 0.4) is 0 Å². The summed E-state index contributed by atoms with van der Waals surface area (Å²) in [6, 6.07) is 8.89. The number of piperazine rings is 1. The van der Waals surface area contributed by atoms with Crippen LogP contribution in [0.1, 0.15) is 19.3 Å². The van der Waals surface area contributed by atoms with E-state index in [-0.39, 0.29) is 5.91 Å². The molecule has 0 bridgehead atoms. The minimum atomic E-state index is 0.168. The Morgan fingerprint density at radius 2 is 1.86 bits per heavy atom. The van der Waals surface area contributed by atoms with E-state index in [0.717, 1.165) is 90.5 Å². The molecule has 0 unspecified atom stereocenters. The lowest BCUT2D eigenvalue weighted by molar-refractivity contribution is -0.132. The molecule has 1 amide bonds. The zero-order chi connectivity index (χ0) is 25.1. The van der Waals surface area contributed by atoms with E-state index in [9.17, 15) is 4.79 Å². The van der Waals surface area contributed by atoms with E-state index in [1.165, 1.54) is 0 Å². The first-order valence-electron chi connectivity index (χ1n) is 12.6. The van der Waals surface area contributed by atoms with Crippen molar-refractivity contribution in [2.45, 2.75) is 25.3 Å². The molecule has 2 aliphatic heterocycles. The third-order valence-corrected chi connectivity index (χ3v) is 7.79. The summed E-state index contributed by atoms with van der Waals surface area (Å²) >= 11 is 3.67. The highest BCUT2D eigenvalue weighted by atomic mass is 79.9. The normalized spacial score (nSPS) is 17.6. The number of likely N-dealkylation sites (tertiary alicyclic amines) is 1. The molecule has 0 spiro atoms. The largest absolute Gasteiger partial charge is 0.384 e. The molecule has 192 valence electrons. The number of hydrogen-bond acceptors (Lipinski definition) is 7. The number of methoxy groups -OCH3 is 1. The lowest BCUT2D eigenvalue weighted by atomic mass is 10.1. The van der Waals surface area contributed by atoms with Gasteiger partial charge < -0.3 is 29.7 Å². The second-order valence-corrected chi connectivity index (χ2v) is 10.5. The van der Waals surface area contributed by atoms with Gasteiger partial charge in [0.15, 0.2) is 5.65 Å². The number of fused-ring (bicyclic) bond motifs is 1. The molecule has 0 saturated carbocycles. The molecule has 2 fully saturated rings. The highest BCUT2D eigenvalue weighted by Gasteiger charge is 2.22. The number of pyridine rings is 1. The molecule has 0 radical (unpaired) electrons. The van der Waals surface area contributed by atoms with Gasteiger partial charge in [-0.15, -0.1) is 0 Å². The topological polar surface area (TPSA) is 89.6 Å². The standard InChI is InChI=1S/C26H34BrN7O2/c1-32-10-7-19(8-11-32)29-23-21(27)17-28-26-24(23)30-25(31-26)18-3-5-20(6-4-18)33-12-14-34(15-13-33)22(35)9-16-36-2/h3-6,17,19H,7-16H2,1-2H3,(H2,28,29,30,31). The van der Waals surface area contributed by atoms with Gasteiger partial charge in [-0.1, -0.05) is 0 Å². The maximum atomic E-state index is 12.2. The summed E-state index contributed by atoms with van der Waals surface area (Å²) in [6.45, 7) is 5.80. The summed E-state index contributed by atoms with van der Waals surface area (Å²) in [6.07, 6.45) is 4.51. The molecule has 2 aromatic heterocycles. The fourth-order valence-electron chi connectivity index (χ4n) is 4.95. The molecule has 10 heteroatoms. The van der Waals surface area contributed by atoms with Crippen molar-refractivity contribution in [1.82, 2.24) is 24.8 Å². The van der Waals surface area contributed by atoms with E-state index >= 15 is 0 Å². The van der Waals surface area contributed by atoms with Gasteiger partial charge in [0.2, 0.25) is 5.91 Å². The summed E-state index contributed by atoms with van der Waals surface area (Å²) in [4.78, 5) is 31.8. The van der Waals surface area contributed by atoms with E-state index in [4.69, 9.17) is 9.72 Å². The van der Waals surface area contributed by atoms with Gasteiger partial charge in [0, 0.05) is 56.8 Å². The quantitative estimate of drug-likeness (QED) is 0.460. The molecule has 9 nitrogen and oxygen atoms in total. The van der Waals surface area contributed by atoms with Gasteiger partial charge in [-0.25, -0.2) is 9.97 Å². The zero-order valence-electron chi connectivity index (χ0n) is 21.0. The first-order chi connectivity index (χ1) is 17.5. The third kappa shape index (κ3) is 5.50. The Hall–Kier alpha value is -2.69. The van der Waals surface area contributed by atoms with Crippen molar-refractivity contribution in [2.75, 3.05) is 70.2 Å². The van der Waals surface area contributed by atoms with E-state index in [1.54, 1.807) is 7.11 Å². The van der Waals surface area contributed by atoms with Crippen molar-refractivity contribution in [3.05, 3.63) is 34.9 Å². The number of aromatic nitrogens is 3. The number of carbonyl (C=O) groups is 1. The van der Waals surface area contributed by atoms with Crippen molar-refractivity contribution in [3.63, 3.8) is 0 Å². The van der Waals surface area contributed by atoms with Crippen molar-refractivity contribution in [3.8, 4) is 11.4 Å². The average Bonchev–Trinajstić information content (AvgIpc) is 3.35. The van der Waals surface area contributed by atoms with Crippen LogP contribution in [0.5, 0.6) is 0 Å². The summed E-state index contributed by atoms with van der Waals surface area (Å²) in [5.41, 5.74) is 4.82. The van der Waals surface area contributed by atoms with Crippen molar-refractivity contribution in [1.29, 1.82) is 0 Å². The van der Waals surface area contributed by atoms with Gasteiger partial charge in [0.05, 0.1) is 23.2 Å². The SMILES string of the molecule is COCCC(=O)N1CCN(c2ccc(-c3nc4c(NC5CCN(C)CC5)c(Br)cnc4[nH]3)cc2)CC1. The number of aromatic amines is 1. The molecule has 5 rings (SSSR count). The second kappa shape index (κ2) is 11.1. The van der Waals surface area contributed by atoms with E-state index in [2.05, 4.69) is 72.3 Å². The number of amides is 1. The van der Waals surface area contributed by atoms with Crippen molar-refractivity contribution < 1.29 is 9.53 Å². The number of piperidine rings is 1. The molecule has 1 aromatic carbocycles. The Balaban J connectivity index is 1.27. The van der Waals surface area contributed by atoms with Crippen molar-refractivity contribution >= 4 is 44.4 Å². The number of nitrogens with zero attached hydrogens (tertiary/aromatic N) is 5. The zero-order valence-corrected chi connectivity index (χ0v) is 22.6. The van der Waals surface area contributed by atoms with Crippen LogP contribution in [0, 0.1) is 0 Å². The molecule has 2 saturated heterocycles. The third-order valence-electron chi connectivity index (χ3n) is 7.19. The smallest absolute Gasteiger partial charge is 0.225 e. The molecule has 0 aliphatic carbocycles. The summed E-state index contributed by atoms with van der Waals surface area (Å²) < 4.78 is 5.97. The lowest BCUT2D eigenvalue weighted by Gasteiger charge is -2.36. The first kappa shape index (κ1) is 25.0. The molecular weight excluding hydrogens is 522 g/mol. The Morgan fingerprint density at radius 1 is 1.14 bits per heavy atom. The average molecular weight is 557 g/mol. The van der Waals surface area contributed by atoms with E-state index < -0.39 is 0 Å². The first-order valence-corrected chi connectivity index (χ1v) is 13.4. The maximum Gasteiger partial charge on any atom is 0.225 e. The van der Waals surface area contributed by atoms with Crippen LogP contribution >= 0.6 is 15.9 Å². The number of carbonyl (C=O) groups excluding carboxylic acids is 1. The predicted octanol–water partition coefficient (Wildman–Crippen LogP) is 3.58. The Kier molecular flexibility index (Phi) is 7.73. The number of halogens is 1. The van der Waals surface area contributed by atoms with Crippen LogP contribution in [-0.2, 0) is 9.53 Å². The van der Waals surface area contributed by atoms with Crippen LogP contribution < -0.4 is 10.2 Å². The second-order valence-electron chi connectivity index (χ2n) is 9.64. The molecule has 4 heterocycles. The molecule has 36 heavy (non-hydrogen) atoms. The number of benzene rings is 1. The highest BCUT2D eigenvalue weighted by molar-refractivity contribution is 9.10. The van der Waals surface area contributed by atoms with Gasteiger partial charge in [-0.05, 0) is 73.2 Å². The number of nitrogens with one attached hydrogen (secondary N) is 2. The summed E-state index contributed by atoms with van der Waals surface area (Å²) in [5.74, 6) is 0.976. The Labute approximate surface area is 220 Å². The molecule has 0 atom stereocenters. The number of hydrogen-bond donors (Lipinski definition) is 2.